The molecule has 0 spiro atoms. The van der Waals surface area contributed by atoms with Crippen LogP contribution in [0.15, 0.2) is 0 Å². The van der Waals surface area contributed by atoms with Crippen LogP contribution in [0.25, 0.3) is 0 Å². The summed E-state index contributed by atoms with van der Waals surface area (Å²) in [6.45, 7) is 4.12. The Hall–Kier alpha value is -0.430. The van der Waals surface area contributed by atoms with Crippen LogP contribution in [0.3, 0.4) is 0 Å². The van der Waals surface area contributed by atoms with Crippen molar-refractivity contribution in [3.63, 3.8) is 0 Å². The van der Waals surface area contributed by atoms with Crippen molar-refractivity contribution in [1.29, 1.82) is 0 Å². The molecule has 1 atom stereocenters. The van der Waals surface area contributed by atoms with Crippen LogP contribution in [-0.2, 0) is 4.74 Å². The maximum Gasteiger partial charge on any atom is 0.159 e. The van der Waals surface area contributed by atoms with E-state index in [4.69, 9.17) is 4.74 Å². The molecule has 90 valence electrons. The Kier molecular flexibility index (Phi) is 5.40. The predicted molar refractivity (Wildman–Crippen MR) is 73.7 cm³/mol. The van der Waals surface area contributed by atoms with E-state index in [1.165, 1.54) is 0 Å². The van der Waals surface area contributed by atoms with Gasteiger partial charge in [0.05, 0.1) is 9.26 Å². The molecule has 1 N–H and O–H groups in total. The van der Waals surface area contributed by atoms with E-state index in [2.05, 4.69) is 44.8 Å². The quantitative estimate of drug-likeness (QED) is 0.841. The molecule has 0 bridgehead atoms. The first-order chi connectivity index (χ1) is 7.63. The Labute approximate surface area is 110 Å². The number of halogens is 1. The van der Waals surface area contributed by atoms with E-state index in [0.717, 1.165) is 33.7 Å². The number of ether oxygens (including phenoxy) is 1. The van der Waals surface area contributed by atoms with Gasteiger partial charge in [0.2, 0.25) is 0 Å². The zero-order chi connectivity index (χ0) is 12.1. The third kappa shape index (κ3) is 3.04. The van der Waals surface area contributed by atoms with Crippen molar-refractivity contribution in [3.05, 3.63) is 15.1 Å². The highest BCUT2D eigenvalue weighted by Crippen LogP contribution is 2.24. The molecular weight excluding hydrogens is 317 g/mol. The number of hydrogen-bond donors (Lipinski definition) is 1. The molecule has 0 aliphatic heterocycles. The van der Waals surface area contributed by atoms with Gasteiger partial charge in [0.1, 0.15) is 11.9 Å². The van der Waals surface area contributed by atoms with E-state index in [-0.39, 0.29) is 6.10 Å². The second-order valence-corrected chi connectivity index (χ2v) is 4.67. The minimum absolute atomic E-state index is 0.00667. The SMILES string of the molecule is CCCC(OC)c1nc(C)c(I)c(NC)n1. The Balaban J connectivity index is 3.08. The zero-order valence-electron chi connectivity index (χ0n) is 10.2. The van der Waals surface area contributed by atoms with Crippen LogP contribution in [0.5, 0.6) is 0 Å². The lowest BCUT2D eigenvalue weighted by Crippen LogP contribution is -2.11. The highest BCUT2D eigenvalue weighted by molar-refractivity contribution is 14.1. The summed E-state index contributed by atoms with van der Waals surface area (Å²) in [6.07, 6.45) is 1.99. The van der Waals surface area contributed by atoms with Gasteiger partial charge in [-0.2, -0.15) is 0 Å². The standard InChI is InChI=1S/C11H18IN3O/c1-5-6-8(16-4)10-14-7(2)9(12)11(13-3)15-10/h8H,5-6H2,1-4H3,(H,13,14,15). The molecule has 1 aromatic heterocycles. The second kappa shape index (κ2) is 6.34. The van der Waals surface area contributed by atoms with Crippen molar-refractivity contribution < 1.29 is 4.74 Å². The Morgan fingerprint density at radius 3 is 2.62 bits per heavy atom. The number of nitrogens with one attached hydrogen (secondary N) is 1. The van der Waals surface area contributed by atoms with Gasteiger partial charge in [-0.25, -0.2) is 9.97 Å². The summed E-state index contributed by atoms with van der Waals surface area (Å²) < 4.78 is 6.48. The molecule has 5 heteroatoms. The number of nitrogens with zero attached hydrogens (tertiary/aromatic N) is 2. The fourth-order valence-electron chi connectivity index (χ4n) is 1.51. The summed E-state index contributed by atoms with van der Waals surface area (Å²) in [5.74, 6) is 1.65. The Morgan fingerprint density at radius 2 is 2.12 bits per heavy atom. The van der Waals surface area contributed by atoms with Gasteiger partial charge in [-0.3, -0.25) is 0 Å². The summed E-state index contributed by atoms with van der Waals surface area (Å²) in [5.41, 5.74) is 0.994. The Morgan fingerprint density at radius 1 is 1.44 bits per heavy atom. The molecule has 0 fully saturated rings. The number of aryl methyl sites for hydroxylation is 1. The maximum atomic E-state index is 5.42. The minimum Gasteiger partial charge on any atom is -0.373 e. The zero-order valence-corrected chi connectivity index (χ0v) is 12.3. The van der Waals surface area contributed by atoms with E-state index in [9.17, 15) is 0 Å². The van der Waals surface area contributed by atoms with Crippen LogP contribution in [0.1, 0.15) is 37.4 Å². The number of aromatic nitrogens is 2. The summed E-state index contributed by atoms with van der Waals surface area (Å²) in [7, 11) is 3.57. The average molecular weight is 335 g/mol. The lowest BCUT2D eigenvalue weighted by atomic mass is 10.2. The first-order valence-corrected chi connectivity index (χ1v) is 6.46. The average Bonchev–Trinajstić information content (AvgIpc) is 2.29. The highest BCUT2D eigenvalue weighted by atomic mass is 127. The Bertz CT molecular complexity index is 357. The fraction of sp³-hybridized carbons (Fsp3) is 0.636. The van der Waals surface area contributed by atoms with Crippen LogP contribution in [0.4, 0.5) is 5.82 Å². The molecule has 0 saturated heterocycles. The van der Waals surface area contributed by atoms with E-state index in [0.29, 0.717) is 0 Å². The molecule has 0 aliphatic rings. The largest absolute Gasteiger partial charge is 0.373 e. The van der Waals surface area contributed by atoms with E-state index in [1.54, 1.807) is 7.11 Å². The summed E-state index contributed by atoms with van der Waals surface area (Å²) in [6, 6.07) is 0. The summed E-state index contributed by atoms with van der Waals surface area (Å²) in [5, 5.41) is 3.08. The van der Waals surface area contributed by atoms with E-state index < -0.39 is 0 Å². The van der Waals surface area contributed by atoms with Crippen LogP contribution in [0, 0.1) is 10.5 Å². The van der Waals surface area contributed by atoms with Crippen LogP contribution in [0.2, 0.25) is 0 Å². The molecule has 0 aromatic carbocycles. The van der Waals surface area contributed by atoms with Crippen molar-refractivity contribution in [2.24, 2.45) is 0 Å². The van der Waals surface area contributed by atoms with Gasteiger partial charge < -0.3 is 10.1 Å². The van der Waals surface area contributed by atoms with Gasteiger partial charge >= 0.3 is 0 Å². The topological polar surface area (TPSA) is 47.0 Å². The molecule has 1 unspecified atom stereocenters. The number of hydrogen-bond acceptors (Lipinski definition) is 4. The van der Waals surface area contributed by atoms with E-state index >= 15 is 0 Å². The monoisotopic (exact) mass is 335 g/mol. The van der Waals surface area contributed by atoms with Crippen molar-refractivity contribution in [1.82, 2.24) is 9.97 Å². The van der Waals surface area contributed by atoms with Gasteiger partial charge in [0.15, 0.2) is 5.82 Å². The predicted octanol–water partition coefficient (Wildman–Crippen LogP) is 2.92. The number of methoxy groups -OCH3 is 1. The van der Waals surface area contributed by atoms with Gasteiger partial charge in [-0.1, -0.05) is 13.3 Å². The molecule has 1 rings (SSSR count). The van der Waals surface area contributed by atoms with Crippen molar-refractivity contribution in [3.8, 4) is 0 Å². The molecule has 0 amide bonds. The van der Waals surface area contributed by atoms with Crippen LogP contribution < -0.4 is 5.32 Å². The summed E-state index contributed by atoms with van der Waals surface area (Å²) in [4.78, 5) is 8.97. The smallest absolute Gasteiger partial charge is 0.159 e. The van der Waals surface area contributed by atoms with E-state index in [1.807, 2.05) is 14.0 Å². The first-order valence-electron chi connectivity index (χ1n) is 5.38. The van der Waals surface area contributed by atoms with Crippen LogP contribution >= 0.6 is 22.6 Å². The number of anilines is 1. The molecule has 16 heavy (non-hydrogen) atoms. The fourth-order valence-corrected chi connectivity index (χ4v) is 2.02. The summed E-state index contributed by atoms with van der Waals surface area (Å²) >= 11 is 2.25. The normalized spacial score (nSPS) is 12.6. The van der Waals surface area contributed by atoms with Crippen molar-refractivity contribution in [2.75, 3.05) is 19.5 Å². The molecule has 0 saturated carbocycles. The minimum atomic E-state index is -0.00667. The van der Waals surface area contributed by atoms with Gasteiger partial charge in [-0.05, 0) is 35.9 Å². The first kappa shape index (κ1) is 13.6. The highest BCUT2D eigenvalue weighted by Gasteiger charge is 2.16. The van der Waals surface area contributed by atoms with Crippen molar-refractivity contribution in [2.45, 2.75) is 32.8 Å². The van der Waals surface area contributed by atoms with Gasteiger partial charge in [-0.15, -0.1) is 0 Å². The molecule has 0 radical (unpaired) electrons. The molecule has 1 aromatic rings. The molecule has 0 aliphatic carbocycles. The van der Waals surface area contributed by atoms with Gasteiger partial charge in [0.25, 0.3) is 0 Å². The molecule has 1 heterocycles. The molecule has 4 nitrogen and oxygen atoms in total. The third-order valence-electron chi connectivity index (χ3n) is 2.39. The third-order valence-corrected chi connectivity index (χ3v) is 3.69. The van der Waals surface area contributed by atoms with Crippen molar-refractivity contribution >= 4 is 28.4 Å². The maximum absolute atomic E-state index is 5.42. The van der Waals surface area contributed by atoms with Gasteiger partial charge in [0, 0.05) is 14.2 Å². The lowest BCUT2D eigenvalue weighted by Gasteiger charge is -2.15. The lowest BCUT2D eigenvalue weighted by molar-refractivity contribution is 0.0875. The number of rotatable bonds is 5. The van der Waals surface area contributed by atoms with Crippen LogP contribution in [-0.4, -0.2) is 24.1 Å². The second-order valence-electron chi connectivity index (χ2n) is 3.59. The molecular formula is C11H18IN3O.